The van der Waals surface area contributed by atoms with Crippen molar-refractivity contribution in [3.8, 4) is 0 Å². The average Bonchev–Trinajstić information content (AvgIpc) is 3.50. The topological polar surface area (TPSA) is 115 Å². The van der Waals surface area contributed by atoms with E-state index >= 15 is 0 Å². The lowest BCUT2D eigenvalue weighted by atomic mass is 10.1. The molecule has 0 saturated carbocycles. The molecule has 0 radical (unpaired) electrons. The van der Waals surface area contributed by atoms with Gasteiger partial charge in [-0.25, -0.2) is 4.90 Å². The molecule has 4 aromatic rings. The van der Waals surface area contributed by atoms with Crippen LogP contribution in [-0.4, -0.2) is 32.0 Å². The highest BCUT2D eigenvalue weighted by molar-refractivity contribution is 6.41. The molecule has 0 atom stereocenters. The number of carbonyl (C=O) groups excluding carboxylic acids is 2. The van der Waals surface area contributed by atoms with Gasteiger partial charge in [-0.05, 0) is 23.8 Å². The molecular formula is C20H11N5O4. The van der Waals surface area contributed by atoms with Crippen molar-refractivity contribution in [3.63, 3.8) is 0 Å². The maximum atomic E-state index is 12.5. The van der Waals surface area contributed by atoms with Gasteiger partial charge in [-0.2, -0.15) is 0 Å². The van der Waals surface area contributed by atoms with Gasteiger partial charge in [0.25, 0.3) is 0 Å². The summed E-state index contributed by atoms with van der Waals surface area (Å²) in [7, 11) is 0. The third kappa shape index (κ3) is 2.81. The molecule has 140 valence electrons. The molecule has 0 saturated heterocycles. The van der Waals surface area contributed by atoms with E-state index < -0.39 is 0 Å². The number of ketones is 2. The Kier molecular flexibility index (Phi) is 3.84. The van der Waals surface area contributed by atoms with Gasteiger partial charge in [0.15, 0.2) is 11.6 Å². The average molecular weight is 385 g/mol. The number of benzene rings is 2. The Bertz CT molecular complexity index is 1160. The third-order valence-electron chi connectivity index (χ3n) is 4.45. The maximum Gasteiger partial charge on any atom is 0.331 e. The second-order valence-electron chi connectivity index (χ2n) is 6.13. The van der Waals surface area contributed by atoms with E-state index in [2.05, 4.69) is 20.4 Å². The Hall–Kier alpha value is -4.40. The number of anilines is 3. The van der Waals surface area contributed by atoms with E-state index in [1.807, 2.05) is 0 Å². The zero-order valence-corrected chi connectivity index (χ0v) is 14.7. The first-order chi connectivity index (χ1) is 14.2. The minimum Gasteiger partial charge on any atom is -0.410 e. The lowest BCUT2D eigenvalue weighted by molar-refractivity contribution is 0.0990. The summed E-state index contributed by atoms with van der Waals surface area (Å²) in [6, 6.07) is 14.1. The van der Waals surface area contributed by atoms with E-state index in [0.29, 0.717) is 22.4 Å². The number of rotatable bonds is 4. The summed E-state index contributed by atoms with van der Waals surface area (Å²) in [6.07, 6.45) is 3.96. The number of nitrogens with zero attached hydrogens (tertiary/aromatic N) is 5. The molecule has 2 aromatic heterocycles. The van der Waals surface area contributed by atoms with Crippen molar-refractivity contribution in [1.29, 1.82) is 0 Å². The Balaban J connectivity index is 1.49. The molecule has 0 spiro atoms. The highest BCUT2D eigenvalue weighted by atomic mass is 16.4. The third-order valence-corrected chi connectivity index (χ3v) is 4.45. The van der Waals surface area contributed by atoms with Crippen LogP contribution in [0.3, 0.4) is 0 Å². The lowest BCUT2D eigenvalue weighted by Gasteiger charge is -2.15. The predicted molar refractivity (Wildman–Crippen MR) is 99.9 cm³/mol. The van der Waals surface area contributed by atoms with Gasteiger partial charge in [-0.15, -0.1) is 10.2 Å². The van der Waals surface area contributed by atoms with E-state index in [1.165, 1.54) is 17.7 Å². The summed E-state index contributed by atoms with van der Waals surface area (Å²) in [5.74, 6) is -0.541. The quantitative estimate of drug-likeness (QED) is 0.385. The molecule has 0 aliphatic heterocycles. The van der Waals surface area contributed by atoms with Crippen LogP contribution in [0.1, 0.15) is 26.3 Å². The van der Waals surface area contributed by atoms with Crippen LogP contribution in [0.5, 0.6) is 0 Å². The normalized spacial score (nSPS) is 12.9. The summed E-state index contributed by atoms with van der Waals surface area (Å²) < 4.78 is 10.5. The van der Waals surface area contributed by atoms with E-state index in [1.54, 1.807) is 54.6 Å². The van der Waals surface area contributed by atoms with E-state index in [-0.39, 0.29) is 29.2 Å². The fraction of sp³-hybridized carbons (Fsp3) is 0. The number of Topliss-reactive ketones (excluding diaryl/α,β-unsaturated/α-hetero) is 2. The van der Waals surface area contributed by atoms with Crippen LogP contribution in [0.4, 0.5) is 17.7 Å². The van der Waals surface area contributed by atoms with E-state index in [0.717, 1.165) is 0 Å². The molecule has 1 aliphatic carbocycles. The Labute approximate surface area is 163 Å². The number of aromatic nitrogens is 4. The van der Waals surface area contributed by atoms with Crippen molar-refractivity contribution in [2.45, 2.75) is 0 Å². The molecule has 2 heterocycles. The summed E-state index contributed by atoms with van der Waals surface area (Å²) >= 11 is 0. The molecule has 0 amide bonds. The molecular weight excluding hydrogens is 374 g/mol. The fourth-order valence-electron chi connectivity index (χ4n) is 3.12. The first kappa shape index (κ1) is 16.8. The highest BCUT2D eigenvalue weighted by Crippen LogP contribution is 2.32. The molecule has 9 nitrogen and oxygen atoms in total. The zero-order valence-electron chi connectivity index (χ0n) is 14.7. The van der Waals surface area contributed by atoms with Crippen molar-refractivity contribution < 1.29 is 18.4 Å². The van der Waals surface area contributed by atoms with Crippen molar-refractivity contribution in [2.24, 2.45) is 0 Å². The second-order valence-corrected chi connectivity index (χ2v) is 6.13. The number of carbonyl (C=O) groups is 2. The zero-order chi connectivity index (χ0) is 19.8. The smallest absolute Gasteiger partial charge is 0.331 e. The Morgan fingerprint density at radius 3 is 1.79 bits per heavy atom. The van der Waals surface area contributed by atoms with Gasteiger partial charge in [-0.3, -0.25) is 9.59 Å². The Morgan fingerprint density at radius 2 is 1.31 bits per heavy atom. The summed E-state index contributed by atoms with van der Waals surface area (Å²) in [5, 5.41) is 15.1. The standard InChI is InChI=1S/C20H11N5O4/c26-17-14-3-1-2-4-15(14)18(27)16(17)9-12-5-7-13(8-6-12)25(19-23-21-10-28-19)20-24-22-11-29-20/h1-11H. The molecule has 0 fully saturated rings. The minimum atomic E-state index is -0.270. The van der Waals surface area contributed by atoms with Gasteiger partial charge in [0, 0.05) is 11.1 Å². The van der Waals surface area contributed by atoms with Crippen LogP contribution in [0.25, 0.3) is 6.08 Å². The van der Waals surface area contributed by atoms with Gasteiger partial charge >= 0.3 is 12.0 Å². The predicted octanol–water partition coefficient (Wildman–Crippen LogP) is 3.39. The summed E-state index contributed by atoms with van der Waals surface area (Å²) in [6.45, 7) is 0. The maximum absolute atomic E-state index is 12.5. The monoisotopic (exact) mass is 385 g/mol. The molecule has 0 bridgehead atoms. The van der Waals surface area contributed by atoms with Crippen LogP contribution >= 0.6 is 0 Å². The molecule has 0 N–H and O–H groups in total. The molecule has 29 heavy (non-hydrogen) atoms. The highest BCUT2D eigenvalue weighted by Gasteiger charge is 2.32. The lowest BCUT2D eigenvalue weighted by Crippen LogP contribution is -2.11. The summed E-state index contributed by atoms with van der Waals surface area (Å²) in [5.41, 5.74) is 2.31. The van der Waals surface area contributed by atoms with Gasteiger partial charge in [-0.1, -0.05) is 46.6 Å². The SMILES string of the molecule is O=C1C(=Cc2ccc(N(c3nnco3)c3nnco3)cc2)C(=O)c2ccccc21. The largest absolute Gasteiger partial charge is 0.410 e. The van der Waals surface area contributed by atoms with Gasteiger partial charge in [0.1, 0.15) is 0 Å². The van der Waals surface area contributed by atoms with Crippen LogP contribution in [0.15, 0.2) is 75.7 Å². The number of hydrogen-bond acceptors (Lipinski definition) is 9. The van der Waals surface area contributed by atoms with Crippen molar-refractivity contribution in [1.82, 2.24) is 20.4 Å². The number of fused-ring (bicyclic) bond motifs is 1. The Morgan fingerprint density at radius 1 is 0.759 bits per heavy atom. The van der Waals surface area contributed by atoms with Gasteiger partial charge in [0.05, 0.1) is 11.3 Å². The first-order valence-corrected chi connectivity index (χ1v) is 8.55. The first-order valence-electron chi connectivity index (χ1n) is 8.55. The van der Waals surface area contributed by atoms with Crippen LogP contribution < -0.4 is 4.90 Å². The van der Waals surface area contributed by atoms with Gasteiger partial charge in [0.2, 0.25) is 12.8 Å². The molecule has 9 heteroatoms. The van der Waals surface area contributed by atoms with Crippen molar-refractivity contribution in [3.05, 3.63) is 83.6 Å². The van der Waals surface area contributed by atoms with Crippen molar-refractivity contribution >= 4 is 35.4 Å². The fourth-order valence-corrected chi connectivity index (χ4v) is 3.12. The van der Waals surface area contributed by atoms with Crippen molar-refractivity contribution in [2.75, 3.05) is 4.90 Å². The van der Waals surface area contributed by atoms with E-state index in [4.69, 9.17) is 8.83 Å². The molecule has 0 unspecified atom stereocenters. The molecule has 2 aromatic carbocycles. The molecule has 5 rings (SSSR count). The number of hydrogen-bond donors (Lipinski definition) is 0. The minimum absolute atomic E-state index is 0.143. The van der Waals surface area contributed by atoms with Crippen LogP contribution in [0.2, 0.25) is 0 Å². The second kappa shape index (κ2) is 6.64. The van der Waals surface area contributed by atoms with Crippen LogP contribution in [-0.2, 0) is 0 Å². The van der Waals surface area contributed by atoms with E-state index in [9.17, 15) is 9.59 Å². The molecule has 1 aliphatic rings. The summed E-state index contributed by atoms with van der Waals surface area (Å²) in [4.78, 5) is 26.6. The number of allylic oxidation sites excluding steroid dienone is 1. The van der Waals surface area contributed by atoms with Gasteiger partial charge < -0.3 is 8.83 Å². The van der Waals surface area contributed by atoms with Crippen LogP contribution in [0, 0.1) is 0 Å².